The maximum Gasteiger partial charge on any atom is 0.211 e. The number of rotatable bonds is 3. The molecule has 0 N–H and O–H groups in total. The minimum absolute atomic E-state index is 0.250. The van der Waals surface area contributed by atoms with Crippen LogP contribution in [0.5, 0.6) is 0 Å². The standard InChI is InChI=1S/C13H19ClN2O2S/c1-11(12-4-3-5-13(14)10-12)15-6-8-16(9-7-15)19(2,17)18/h3-5,10-11H,6-9H2,1-2H3/t11-/m0/s1. The van der Waals surface area contributed by atoms with Crippen molar-refractivity contribution in [1.29, 1.82) is 0 Å². The Kier molecular flexibility index (Phi) is 4.50. The zero-order valence-electron chi connectivity index (χ0n) is 11.2. The third kappa shape index (κ3) is 3.69. The number of nitrogens with zero attached hydrogens (tertiary/aromatic N) is 2. The van der Waals surface area contributed by atoms with Gasteiger partial charge in [-0.3, -0.25) is 4.90 Å². The second-order valence-corrected chi connectivity index (χ2v) is 7.35. The number of hydrogen-bond donors (Lipinski definition) is 0. The van der Waals surface area contributed by atoms with Crippen molar-refractivity contribution in [2.75, 3.05) is 32.4 Å². The van der Waals surface area contributed by atoms with Gasteiger partial charge in [-0.2, -0.15) is 4.31 Å². The molecule has 0 bridgehead atoms. The third-order valence-corrected chi connectivity index (χ3v) is 5.16. The van der Waals surface area contributed by atoms with Crippen LogP contribution in [0, 0.1) is 0 Å². The van der Waals surface area contributed by atoms with Crippen LogP contribution in [0.2, 0.25) is 5.02 Å². The molecule has 2 rings (SSSR count). The first-order chi connectivity index (χ1) is 8.88. The topological polar surface area (TPSA) is 40.6 Å². The van der Waals surface area contributed by atoms with E-state index in [1.807, 2.05) is 18.2 Å². The molecule has 0 aromatic heterocycles. The smallest absolute Gasteiger partial charge is 0.211 e. The molecule has 106 valence electrons. The summed E-state index contributed by atoms with van der Waals surface area (Å²) >= 11 is 6.00. The average molecular weight is 303 g/mol. The molecule has 19 heavy (non-hydrogen) atoms. The first kappa shape index (κ1) is 14.8. The lowest BCUT2D eigenvalue weighted by Gasteiger charge is -2.37. The van der Waals surface area contributed by atoms with Crippen LogP contribution < -0.4 is 0 Å². The van der Waals surface area contributed by atoms with Crippen molar-refractivity contribution in [2.24, 2.45) is 0 Å². The minimum atomic E-state index is -3.06. The molecule has 1 fully saturated rings. The second-order valence-electron chi connectivity index (χ2n) is 4.93. The number of piperazine rings is 1. The summed E-state index contributed by atoms with van der Waals surface area (Å²) < 4.78 is 24.5. The molecule has 1 saturated heterocycles. The van der Waals surface area contributed by atoms with Crippen LogP contribution in [-0.2, 0) is 10.0 Å². The molecule has 0 saturated carbocycles. The third-order valence-electron chi connectivity index (χ3n) is 3.62. The number of benzene rings is 1. The van der Waals surface area contributed by atoms with Crippen LogP contribution >= 0.6 is 11.6 Å². The second kappa shape index (κ2) is 5.79. The predicted octanol–water partition coefficient (Wildman–Crippen LogP) is 1.98. The number of hydrogen-bond acceptors (Lipinski definition) is 3. The molecule has 0 spiro atoms. The summed E-state index contributed by atoms with van der Waals surface area (Å²) in [7, 11) is -3.06. The van der Waals surface area contributed by atoms with Crippen molar-refractivity contribution in [3.8, 4) is 0 Å². The highest BCUT2D eigenvalue weighted by atomic mass is 35.5. The zero-order valence-corrected chi connectivity index (χ0v) is 12.8. The van der Waals surface area contributed by atoms with Gasteiger partial charge in [-0.1, -0.05) is 23.7 Å². The normalized spacial score (nSPS) is 20.4. The van der Waals surface area contributed by atoms with Crippen molar-refractivity contribution in [3.63, 3.8) is 0 Å². The molecule has 6 heteroatoms. The summed E-state index contributed by atoms with van der Waals surface area (Å²) in [6, 6.07) is 8.08. The van der Waals surface area contributed by atoms with Crippen molar-refractivity contribution in [3.05, 3.63) is 34.9 Å². The first-order valence-corrected chi connectivity index (χ1v) is 8.55. The Labute approximate surface area is 120 Å². The fourth-order valence-corrected chi connectivity index (χ4v) is 3.43. The van der Waals surface area contributed by atoms with Crippen LogP contribution in [-0.4, -0.2) is 50.1 Å². The Morgan fingerprint density at radius 3 is 2.37 bits per heavy atom. The predicted molar refractivity (Wildman–Crippen MR) is 77.9 cm³/mol. The van der Waals surface area contributed by atoms with E-state index in [0.29, 0.717) is 13.1 Å². The molecule has 1 aliphatic heterocycles. The van der Waals surface area contributed by atoms with E-state index in [0.717, 1.165) is 18.1 Å². The summed E-state index contributed by atoms with van der Waals surface area (Å²) in [5, 5.41) is 0.735. The molecule has 0 radical (unpaired) electrons. The fourth-order valence-electron chi connectivity index (χ4n) is 2.40. The summed E-state index contributed by atoms with van der Waals surface area (Å²) in [6.45, 7) is 4.75. The molecule has 1 aromatic rings. The van der Waals surface area contributed by atoms with E-state index in [9.17, 15) is 8.42 Å². The molecule has 1 aromatic carbocycles. The maximum absolute atomic E-state index is 11.5. The van der Waals surface area contributed by atoms with Gasteiger partial charge in [0.2, 0.25) is 10.0 Å². The van der Waals surface area contributed by atoms with Crippen LogP contribution in [0.3, 0.4) is 0 Å². The van der Waals surface area contributed by atoms with E-state index in [1.54, 1.807) is 0 Å². The zero-order chi connectivity index (χ0) is 14.0. The average Bonchev–Trinajstić information content (AvgIpc) is 2.37. The Morgan fingerprint density at radius 2 is 1.84 bits per heavy atom. The fraction of sp³-hybridized carbons (Fsp3) is 0.538. The van der Waals surface area contributed by atoms with Crippen LogP contribution in [0.25, 0.3) is 0 Å². The lowest BCUT2D eigenvalue weighted by molar-refractivity contribution is 0.146. The van der Waals surface area contributed by atoms with E-state index in [-0.39, 0.29) is 6.04 Å². The van der Waals surface area contributed by atoms with Crippen molar-refractivity contribution < 1.29 is 8.42 Å². The Balaban J connectivity index is 2.02. The minimum Gasteiger partial charge on any atom is -0.294 e. The van der Waals surface area contributed by atoms with Gasteiger partial charge < -0.3 is 0 Å². The van der Waals surface area contributed by atoms with Gasteiger partial charge in [0, 0.05) is 37.2 Å². The highest BCUT2D eigenvalue weighted by Crippen LogP contribution is 2.24. The van der Waals surface area contributed by atoms with Gasteiger partial charge in [-0.15, -0.1) is 0 Å². The molecular weight excluding hydrogens is 284 g/mol. The SMILES string of the molecule is C[C@@H](c1cccc(Cl)c1)N1CCN(S(C)(=O)=O)CC1. The number of sulfonamides is 1. The molecule has 1 heterocycles. The van der Waals surface area contributed by atoms with Gasteiger partial charge in [0.25, 0.3) is 0 Å². The van der Waals surface area contributed by atoms with Crippen molar-refractivity contribution in [2.45, 2.75) is 13.0 Å². The van der Waals surface area contributed by atoms with Crippen LogP contribution in [0.15, 0.2) is 24.3 Å². The lowest BCUT2D eigenvalue weighted by Crippen LogP contribution is -2.48. The van der Waals surface area contributed by atoms with Crippen molar-refractivity contribution >= 4 is 21.6 Å². The molecule has 4 nitrogen and oxygen atoms in total. The molecule has 0 amide bonds. The van der Waals surface area contributed by atoms with Gasteiger partial charge >= 0.3 is 0 Å². The summed E-state index contributed by atoms with van der Waals surface area (Å²) in [5.74, 6) is 0. The highest BCUT2D eigenvalue weighted by molar-refractivity contribution is 7.88. The summed E-state index contributed by atoms with van der Waals surface area (Å²) in [4.78, 5) is 2.29. The lowest BCUT2D eigenvalue weighted by atomic mass is 10.1. The Bertz CT molecular complexity index is 539. The van der Waals surface area contributed by atoms with E-state index in [4.69, 9.17) is 11.6 Å². The van der Waals surface area contributed by atoms with Gasteiger partial charge in [-0.25, -0.2) is 8.42 Å². The van der Waals surface area contributed by atoms with E-state index >= 15 is 0 Å². The maximum atomic E-state index is 11.5. The van der Waals surface area contributed by atoms with Gasteiger partial charge in [0.15, 0.2) is 0 Å². The van der Waals surface area contributed by atoms with Crippen LogP contribution in [0.1, 0.15) is 18.5 Å². The molecule has 0 unspecified atom stereocenters. The Morgan fingerprint density at radius 1 is 1.21 bits per heavy atom. The molecular formula is C13H19ClN2O2S. The van der Waals surface area contributed by atoms with Crippen LogP contribution in [0.4, 0.5) is 0 Å². The quantitative estimate of drug-likeness (QED) is 0.857. The van der Waals surface area contributed by atoms with E-state index < -0.39 is 10.0 Å². The van der Waals surface area contributed by atoms with Gasteiger partial charge in [-0.05, 0) is 24.6 Å². The Hall–Kier alpha value is -0.620. The molecule has 0 aliphatic carbocycles. The molecule has 1 atom stereocenters. The first-order valence-electron chi connectivity index (χ1n) is 6.32. The van der Waals surface area contributed by atoms with E-state index in [1.165, 1.54) is 16.1 Å². The van der Waals surface area contributed by atoms with E-state index in [2.05, 4.69) is 17.9 Å². The van der Waals surface area contributed by atoms with Gasteiger partial charge in [0.1, 0.15) is 0 Å². The largest absolute Gasteiger partial charge is 0.294 e. The van der Waals surface area contributed by atoms with Gasteiger partial charge in [0.05, 0.1) is 6.26 Å². The molecule has 1 aliphatic rings. The number of halogens is 1. The highest BCUT2D eigenvalue weighted by Gasteiger charge is 2.26. The monoisotopic (exact) mass is 302 g/mol. The summed E-state index contributed by atoms with van der Waals surface area (Å²) in [6.07, 6.45) is 1.27. The summed E-state index contributed by atoms with van der Waals surface area (Å²) in [5.41, 5.74) is 1.17. The van der Waals surface area contributed by atoms with Crippen molar-refractivity contribution in [1.82, 2.24) is 9.21 Å².